The van der Waals surface area contributed by atoms with Crippen LogP contribution in [0.3, 0.4) is 0 Å². The lowest BCUT2D eigenvalue weighted by molar-refractivity contribution is -0.149. The Labute approximate surface area is 315 Å². The summed E-state index contributed by atoms with van der Waals surface area (Å²) in [5.41, 5.74) is 1.56. The van der Waals surface area contributed by atoms with Crippen LogP contribution in [0.1, 0.15) is 214 Å². The number of nitrogens with one attached hydrogen (secondary N) is 2. The lowest BCUT2D eigenvalue weighted by atomic mass is 9.83. The van der Waals surface area contributed by atoms with Gasteiger partial charge >= 0.3 is 5.97 Å². The van der Waals surface area contributed by atoms with Crippen molar-refractivity contribution in [1.29, 1.82) is 0 Å². The minimum Gasteiger partial charge on any atom is -0.498 e. The van der Waals surface area contributed by atoms with Gasteiger partial charge in [-0.25, -0.2) is 0 Å². The van der Waals surface area contributed by atoms with E-state index in [1.807, 2.05) is 0 Å². The Morgan fingerprint density at radius 1 is 0.529 bits per heavy atom. The van der Waals surface area contributed by atoms with Crippen LogP contribution in [-0.2, 0) is 23.9 Å². The van der Waals surface area contributed by atoms with Gasteiger partial charge in [-0.1, -0.05) is 130 Å². The van der Waals surface area contributed by atoms with E-state index in [0.717, 1.165) is 64.2 Å². The molecule has 2 amide bonds. The second-order valence-corrected chi connectivity index (χ2v) is 15.3. The Hall–Kier alpha value is -2.05. The smallest absolute Gasteiger partial charge is 0.308 e. The molecule has 2 atom stereocenters. The summed E-state index contributed by atoms with van der Waals surface area (Å²) in [6.45, 7) is 10.7. The van der Waals surface area contributed by atoms with Crippen LogP contribution in [0.4, 0.5) is 0 Å². The van der Waals surface area contributed by atoms with Crippen molar-refractivity contribution >= 4 is 17.8 Å². The van der Waals surface area contributed by atoms with Crippen LogP contribution in [-0.4, -0.2) is 44.1 Å². The summed E-state index contributed by atoms with van der Waals surface area (Å²) in [6.07, 6.45) is 32.6. The molecule has 1 rings (SSSR count). The van der Waals surface area contributed by atoms with Crippen molar-refractivity contribution in [2.24, 2.45) is 11.8 Å². The molecule has 1 fully saturated rings. The molecule has 0 aromatic rings. The molecule has 0 aliphatic heterocycles. The number of amides is 2. The van der Waals surface area contributed by atoms with E-state index < -0.39 is 0 Å². The van der Waals surface area contributed by atoms with Gasteiger partial charge in [-0.15, -0.1) is 0 Å². The molecule has 0 spiro atoms. The highest BCUT2D eigenvalue weighted by atomic mass is 16.5. The standard InChI is InChI=1S/C44H82N2O5/c1-5-9-13-16-17-21-29-38(28-19-14-10-6-2)43(39-31-26-32-39)50-35-25-23-34-45-42(48)37-46-41(47)33-22-18-24-36-51-44(49)40(27-12-8-4)30-20-15-11-7-3/h38,40H,5-37H2,1-4H3,(H,45,48)(H,46,47). The molecule has 0 heterocycles. The number of unbranched alkanes of at least 4 members (excludes halogenated alkanes) is 15. The number of ether oxygens (including phenoxy) is 2. The Morgan fingerprint density at radius 3 is 1.65 bits per heavy atom. The van der Waals surface area contributed by atoms with E-state index in [-0.39, 0.29) is 30.2 Å². The Balaban J connectivity index is 2.24. The molecule has 0 aromatic heterocycles. The number of rotatable bonds is 36. The van der Waals surface area contributed by atoms with Gasteiger partial charge in [0.15, 0.2) is 0 Å². The SMILES string of the molecule is CCCCCCCCC(CCCCCC)C(OCCCCNC(=O)CNC(=O)CCCCCOC(=O)C(CCCC)CCCCCC)=C1CCC1. The number of carbonyl (C=O) groups excluding carboxylic acids is 3. The van der Waals surface area contributed by atoms with Crippen LogP contribution >= 0.6 is 0 Å². The maximum Gasteiger partial charge on any atom is 0.308 e. The average Bonchev–Trinajstić information content (AvgIpc) is 3.10. The van der Waals surface area contributed by atoms with Crippen LogP contribution in [0.15, 0.2) is 11.3 Å². The molecule has 51 heavy (non-hydrogen) atoms. The quantitative estimate of drug-likeness (QED) is 0.0382. The van der Waals surface area contributed by atoms with E-state index >= 15 is 0 Å². The summed E-state index contributed by atoms with van der Waals surface area (Å²) in [6, 6.07) is 0. The monoisotopic (exact) mass is 719 g/mol. The van der Waals surface area contributed by atoms with Crippen LogP contribution < -0.4 is 10.6 Å². The summed E-state index contributed by atoms with van der Waals surface area (Å²) >= 11 is 0. The van der Waals surface area contributed by atoms with Gasteiger partial charge in [-0.2, -0.15) is 0 Å². The normalized spacial score (nSPS) is 13.7. The van der Waals surface area contributed by atoms with E-state index in [9.17, 15) is 14.4 Å². The predicted molar refractivity (Wildman–Crippen MR) is 214 cm³/mol. The van der Waals surface area contributed by atoms with Gasteiger partial charge in [0.25, 0.3) is 0 Å². The van der Waals surface area contributed by atoms with Crippen molar-refractivity contribution in [3.05, 3.63) is 11.3 Å². The lowest BCUT2D eigenvalue weighted by Crippen LogP contribution is -2.37. The summed E-state index contributed by atoms with van der Waals surface area (Å²) in [4.78, 5) is 37.2. The average molecular weight is 719 g/mol. The highest BCUT2D eigenvalue weighted by Crippen LogP contribution is 2.37. The van der Waals surface area contributed by atoms with Crippen molar-refractivity contribution < 1.29 is 23.9 Å². The summed E-state index contributed by atoms with van der Waals surface area (Å²) in [7, 11) is 0. The molecular weight excluding hydrogens is 636 g/mol. The van der Waals surface area contributed by atoms with Crippen LogP contribution in [0.2, 0.25) is 0 Å². The zero-order chi connectivity index (χ0) is 37.2. The first-order chi connectivity index (χ1) is 25.0. The predicted octanol–water partition coefficient (Wildman–Crippen LogP) is 11.7. The molecule has 1 aliphatic carbocycles. The van der Waals surface area contributed by atoms with Crippen molar-refractivity contribution in [3.8, 4) is 0 Å². The Bertz CT molecular complexity index is 898. The van der Waals surface area contributed by atoms with E-state index in [4.69, 9.17) is 9.47 Å². The minimum absolute atomic E-state index is 0.0127. The number of allylic oxidation sites excluding steroid dienone is 2. The van der Waals surface area contributed by atoms with Gasteiger partial charge in [-0.3, -0.25) is 14.4 Å². The number of hydrogen-bond acceptors (Lipinski definition) is 5. The molecule has 7 heteroatoms. The van der Waals surface area contributed by atoms with Crippen LogP contribution in [0.5, 0.6) is 0 Å². The van der Waals surface area contributed by atoms with Gasteiger partial charge in [0.2, 0.25) is 11.8 Å². The molecule has 0 radical (unpaired) electrons. The van der Waals surface area contributed by atoms with Gasteiger partial charge in [0.05, 0.1) is 31.4 Å². The molecule has 298 valence electrons. The summed E-state index contributed by atoms with van der Waals surface area (Å²) in [5.74, 6) is 1.62. The lowest BCUT2D eigenvalue weighted by Gasteiger charge is -2.28. The second-order valence-electron chi connectivity index (χ2n) is 15.3. The largest absolute Gasteiger partial charge is 0.498 e. The van der Waals surface area contributed by atoms with E-state index in [0.29, 0.717) is 32.1 Å². The second kappa shape index (κ2) is 33.8. The summed E-state index contributed by atoms with van der Waals surface area (Å²) in [5, 5.41) is 5.70. The van der Waals surface area contributed by atoms with E-state index in [1.165, 1.54) is 121 Å². The Kier molecular flexibility index (Phi) is 31.1. The molecule has 2 N–H and O–H groups in total. The molecule has 0 aromatic carbocycles. The molecule has 0 bridgehead atoms. The highest BCUT2D eigenvalue weighted by molar-refractivity contribution is 5.84. The third kappa shape index (κ3) is 25.5. The van der Waals surface area contributed by atoms with Crippen molar-refractivity contribution in [3.63, 3.8) is 0 Å². The van der Waals surface area contributed by atoms with Gasteiger partial charge in [0.1, 0.15) is 0 Å². The highest BCUT2D eigenvalue weighted by Gasteiger charge is 2.24. The third-order valence-corrected chi connectivity index (χ3v) is 10.5. The van der Waals surface area contributed by atoms with Gasteiger partial charge in [0, 0.05) is 18.9 Å². The first-order valence-electron chi connectivity index (χ1n) is 22.0. The number of hydrogen-bond donors (Lipinski definition) is 2. The van der Waals surface area contributed by atoms with Gasteiger partial charge in [-0.05, 0) is 82.6 Å². The zero-order valence-electron chi connectivity index (χ0n) is 34.0. The van der Waals surface area contributed by atoms with Crippen LogP contribution in [0, 0.1) is 11.8 Å². The van der Waals surface area contributed by atoms with Crippen LogP contribution in [0.25, 0.3) is 0 Å². The molecule has 1 saturated carbocycles. The van der Waals surface area contributed by atoms with Gasteiger partial charge < -0.3 is 20.1 Å². The third-order valence-electron chi connectivity index (χ3n) is 10.5. The first-order valence-corrected chi connectivity index (χ1v) is 22.0. The van der Waals surface area contributed by atoms with E-state index in [2.05, 4.69) is 38.3 Å². The minimum atomic E-state index is -0.146. The maximum atomic E-state index is 12.6. The fourth-order valence-electron chi connectivity index (χ4n) is 6.97. The van der Waals surface area contributed by atoms with E-state index in [1.54, 1.807) is 5.57 Å². The van der Waals surface area contributed by atoms with Crippen molar-refractivity contribution in [2.75, 3.05) is 26.3 Å². The molecular formula is C44H82N2O5. The maximum absolute atomic E-state index is 12.6. The first kappa shape index (κ1) is 47.0. The van der Waals surface area contributed by atoms with Crippen molar-refractivity contribution in [1.82, 2.24) is 10.6 Å². The molecule has 0 saturated heterocycles. The van der Waals surface area contributed by atoms with Crippen molar-refractivity contribution in [2.45, 2.75) is 214 Å². The topological polar surface area (TPSA) is 93.7 Å². The molecule has 2 unspecified atom stereocenters. The molecule has 7 nitrogen and oxygen atoms in total. The fourth-order valence-corrected chi connectivity index (χ4v) is 6.97. The zero-order valence-corrected chi connectivity index (χ0v) is 34.0. The number of esters is 1. The summed E-state index contributed by atoms with van der Waals surface area (Å²) < 4.78 is 12.1. The Morgan fingerprint density at radius 2 is 1.04 bits per heavy atom. The molecule has 1 aliphatic rings. The fraction of sp³-hybridized carbons (Fsp3) is 0.886. The number of carbonyl (C=O) groups is 3.